The lowest BCUT2D eigenvalue weighted by molar-refractivity contribution is 0.582. The van der Waals surface area contributed by atoms with Gasteiger partial charge in [-0.15, -0.1) is 0 Å². The average molecular weight is 620 g/mol. The Morgan fingerprint density at radius 1 is 0.405 bits per heavy atom. The summed E-state index contributed by atoms with van der Waals surface area (Å²) in [7, 11) is 0. The molecule has 0 heterocycles. The van der Waals surface area contributed by atoms with E-state index >= 15 is 0 Å². The maximum Gasteiger partial charge on any atom is 0.0726 e. The lowest BCUT2D eigenvalue weighted by Gasteiger charge is -2.34. The summed E-state index contributed by atoms with van der Waals surface area (Å²) in [5.74, 6) is 0. The molecule has 0 unspecified atom stereocenters. The van der Waals surface area contributed by atoms with E-state index in [0.29, 0.717) is 0 Å². The van der Waals surface area contributed by atoms with Crippen LogP contribution in [0.15, 0.2) is 71.2 Å². The number of halogens is 1. The van der Waals surface area contributed by atoms with Crippen molar-refractivity contribution < 1.29 is 0 Å². The number of fused-ring (bicyclic) bond motifs is 10. The Labute approximate surface area is 263 Å². The molecule has 4 aromatic carbocycles. The topological polar surface area (TPSA) is 0 Å². The molecule has 0 saturated heterocycles. The van der Waals surface area contributed by atoms with Gasteiger partial charge < -0.3 is 0 Å². The maximum atomic E-state index is 4.12. The Bertz CT molecular complexity index is 1690. The number of hydrogen-bond acceptors (Lipinski definition) is 0. The molecule has 0 bridgehead atoms. The summed E-state index contributed by atoms with van der Waals surface area (Å²) < 4.78 is 1.19. The third-order valence-corrected chi connectivity index (χ3v) is 10.4. The van der Waals surface area contributed by atoms with Crippen LogP contribution in [0.2, 0.25) is 0 Å². The quantitative estimate of drug-likeness (QED) is 0.159. The predicted molar refractivity (Wildman–Crippen MR) is 185 cm³/mol. The smallest absolute Gasteiger partial charge is 0.0579 e. The first-order valence-corrected chi connectivity index (χ1v) is 16.4. The van der Waals surface area contributed by atoms with Gasteiger partial charge in [-0.05, 0) is 88.9 Å². The van der Waals surface area contributed by atoms with Crippen molar-refractivity contribution >= 4 is 15.9 Å². The van der Waals surface area contributed by atoms with Gasteiger partial charge in [-0.2, -0.15) is 0 Å². The molecule has 0 aromatic heterocycles. The van der Waals surface area contributed by atoms with Crippen molar-refractivity contribution in [1.82, 2.24) is 0 Å². The van der Waals surface area contributed by atoms with Gasteiger partial charge in [0.2, 0.25) is 0 Å². The molecule has 4 aromatic rings. The van der Waals surface area contributed by atoms with Crippen LogP contribution in [0.4, 0.5) is 0 Å². The van der Waals surface area contributed by atoms with Crippen molar-refractivity contribution in [3.05, 3.63) is 116 Å². The molecule has 2 aliphatic carbocycles. The van der Waals surface area contributed by atoms with E-state index in [1.165, 1.54) is 71.2 Å². The van der Waals surface area contributed by atoms with Gasteiger partial charge in [-0.3, -0.25) is 0 Å². The van der Waals surface area contributed by atoms with Crippen molar-refractivity contribution in [2.75, 3.05) is 0 Å². The van der Waals surface area contributed by atoms with E-state index in [2.05, 4.69) is 166 Å². The van der Waals surface area contributed by atoms with Gasteiger partial charge in [0.15, 0.2) is 0 Å². The van der Waals surface area contributed by atoms with E-state index in [1.807, 2.05) is 0 Å². The second-order valence-corrected chi connectivity index (χ2v) is 17.8. The van der Waals surface area contributed by atoms with Crippen LogP contribution >= 0.6 is 15.9 Å². The van der Waals surface area contributed by atoms with Crippen LogP contribution in [0, 0.1) is 0 Å². The van der Waals surface area contributed by atoms with Crippen LogP contribution in [0.5, 0.6) is 0 Å². The Morgan fingerprint density at radius 3 is 1.12 bits per heavy atom. The molecule has 0 saturated carbocycles. The highest BCUT2D eigenvalue weighted by Crippen LogP contribution is 2.65. The number of rotatable bonds is 0. The third-order valence-electron chi connectivity index (χ3n) is 9.79. The summed E-state index contributed by atoms with van der Waals surface area (Å²) in [5, 5.41) is 0. The van der Waals surface area contributed by atoms with Crippen molar-refractivity contribution in [3.8, 4) is 22.3 Å². The molecule has 218 valence electrons. The van der Waals surface area contributed by atoms with E-state index < -0.39 is 0 Å². The van der Waals surface area contributed by atoms with E-state index in [4.69, 9.17) is 0 Å². The van der Waals surface area contributed by atoms with E-state index in [1.54, 1.807) is 0 Å². The molecule has 0 atom stereocenters. The highest BCUT2D eigenvalue weighted by Gasteiger charge is 2.53. The second kappa shape index (κ2) is 8.95. The van der Waals surface area contributed by atoms with Crippen LogP contribution in [-0.4, -0.2) is 0 Å². The number of hydrogen-bond donors (Lipinski definition) is 0. The summed E-state index contributed by atoms with van der Waals surface area (Å²) in [6.45, 7) is 28.0. The van der Waals surface area contributed by atoms with Crippen molar-refractivity contribution in [2.45, 2.75) is 110 Å². The fraction of sp³-hybridized carbons (Fsp3) is 0.415. The molecule has 42 heavy (non-hydrogen) atoms. The monoisotopic (exact) mass is 618 g/mol. The van der Waals surface area contributed by atoms with Crippen LogP contribution in [-0.2, 0) is 27.1 Å². The summed E-state index contributed by atoms with van der Waals surface area (Å²) in [5.41, 5.74) is 16.4. The number of benzene rings is 4. The third kappa shape index (κ3) is 4.21. The van der Waals surface area contributed by atoms with Crippen molar-refractivity contribution in [2.24, 2.45) is 0 Å². The standard InChI is InChI=1S/C41H47Br/c1-37(2,3)24-13-16-28-29-17-14-25(38(4,5)6)20-32(29)41(31(28)19-24)33-21-26(39(7,8)9)15-18-30(33)36-34(41)22-27(23-35(36)42)40(10,11)12/h13-23H,1-12H3. The molecule has 6 rings (SSSR count). The molecule has 2 aliphatic rings. The fourth-order valence-electron chi connectivity index (χ4n) is 7.13. The van der Waals surface area contributed by atoms with E-state index in [9.17, 15) is 0 Å². The van der Waals surface area contributed by atoms with Gasteiger partial charge in [0.25, 0.3) is 0 Å². The highest BCUT2D eigenvalue weighted by molar-refractivity contribution is 9.10. The summed E-state index contributed by atoms with van der Waals surface area (Å²) in [6, 6.07) is 26.9. The first-order valence-electron chi connectivity index (χ1n) is 15.6. The van der Waals surface area contributed by atoms with Gasteiger partial charge in [-0.1, -0.05) is 160 Å². The van der Waals surface area contributed by atoms with Crippen LogP contribution in [0.3, 0.4) is 0 Å². The molecule has 0 aliphatic heterocycles. The van der Waals surface area contributed by atoms with Crippen LogP contribution in [0.1, 0.15) is 128 Å². The fourth-order valence-corrected chi connectivity index (χ4v) is 7.80. The Kier molecular flexibility index (Phi) is 6.27. The van der Waals surface area contributed by atoms with E-state index in [0.717, 1.165) is 0 Å². The summed E-state index contributed by atoms with van der Waals surface area (Å²) >= 11 is 4.12. The minimum atomic E-state index is -0.386. The molecule has 1 heteroatoms. The first-order chi connectivity index (χ1) is 19.3. The molecule has 0 N–H and O–H groups in total. The lowest BCUT2D eigenvalue weighted by atomic mass is 9.67. The first kappa shape index (κ1) is 29.4. The van der Waals surface area contributed by atoms with E-state index in [-0.39, 0.29) is 27.1 Å². The molecule has 1 spiro atoms. The zero-order chi connectivity index (χ0) is 30.8. The van der Waals surface area contributed by atoms with Crippen LogP contribution in [0.25, 0.3) is 22.3 Å². The summed E-state index contributed by atoms with van der Waals surface area (Å²) in [4.78, 5) is 0. The van der Waals surface area contributed by atoms with Crippen LogP contribution < -0.4 is 0 Å². The molecule has 0 amide bonds. The normalized spacial score (nSPS) is 15.5. The minimum Gasteiger partial charge on any atom is -0.0579 e. The van der Waals surface area contributed by atoms with Gasteiger partial charge >= 0.3 is 0 Å². The zero-order valence-electron chi connectivity index (χ0n) is 27.7. The minimum absolute atomic E-state index is 0.0227. The Balaban J connectivity index is 1.86. The van der Waals surface area contributed by atoms with Crippen molar-refractivity contribution in [3.63, 3.8) is 0 Å². The van der Waals surface area contributed by atoms with Gasteiger partial charge in [0.1, 0.15) is 0 Å². The highest BCUT2D eigenvalue weighted by atomic mass is 79.9. The molecule has 0 nitrogen and oxygen atoms in total. The summed E-state index contributed by atoms with van der Waals surface area (Å²) in [6.07, 6.45) is 0. The Hall–Kier alpha value is -2.64. The maximum absolute atomic E-state index is 4.12. The molecular weight excluding hydrogens is 572 g/mol. The van der Waals surface area contributed by atoms with Crippen molar-refractivity contribution in [1.29, 1.82) is 0 Å². The SMILES string of the molecule is CC(C)(C)c1ccc2c(c1)C1(c3cc(C(C)(C)C)ccc3-2)c2cc(C(C)(C)C)ccc2-c2c(Br)cc(C(C)(C)C)cc21. The lowest BCUT2D eigenvalue weighted by Crippen LogP contribution is -2.28. The molecular formula is C41H47Br. The zero-order valence-corrected chi connectivity index (χ0v) is 29.3. The van der Waals surface area contributed by atoms with Gasteiger partial charge in [0.05, 0.1) is 5.41 Å². The average Bonchev–Trinajstić information content (AvgIpc) is 3.32. The molecule has 0 radical (unpaired) electrons. The van der Waals surface area contributed by atoms with Gasteiger partial charge in [-0.25, -0.2) is 0 Å². The molecule has 0 fully saturated rings. The largest absolute Gasteiger partial charge is 0.0726 e. The second-order valence-electron chi connectivity index (χ2n) is 16.9. The predicted octanol–water partition coefficient (Wildman–Crippen LogP) is 12.0. The van der Waals surface area contributed by atoms with Gasteiger partial charge in [0, 0.05) is 10.0 Å². The Morgan fingerprint density at radius 2 is 0.738 bits per heavy atom.